The molecule has 0 aliphatic carbocycles. The van der Waals surface area contributed by atoms with Crippen molar-refractivity contribution in [3.05, 3.63) is 81.5 Å². The number of esters is 1. The molecular formula is C26H23NO8. The fourth-order valence-electron chi connectivity index (χ4n) is 4.41. The molecule has 0 bridgehead atoms. The van der Waals surface area contributed by atoms with Crippen molar-refractivity contribution in [3.8, 4) is 11.5 Å². The van der Waals surface area contributed by atoms with Crippen LogP contribution >= 0.6 is 0 Å². The predicted octanol–water partition coefficient (Wildman–Crippen LogP) is 2.94. The quantitative estimate of drug-likeness (QED) is 0.437. The molecule has 1 atom stereocenters. The number of phenolic OH excluding ortho intramolecular Hbond substituents is 1. The molecule has 180 valence electrons. The van der Waals surface area contributed by atoms with Crippen molar-refractivity contribution >= 4 is 22.7 Å². The van der Waals surface area contributed by atoms with Crippen LogP contribution in [-0.4, -0.2) is 55.2 Å². The topological polar surface area (TPSA) is 116 Å². The van der Waals surface area contributed by atoms with Crippen LogP contribution in [0.5, 0.6) is 11.5 Å². The molecule has 1 saturated heterocycles. The Kier molecular flexibility index (Phi) is 6.00. The van der Waals surface area contributed by atoms with E-state index in [1.165, 1.54) is 25.5 Å². The molecule has 3 heterocycles. The molecule has 0 spiro atoms. The van der Waals surface area contributed by atoms with E-state index in [0.29, 0.717) is 37.3 Å². The van der Waals surface area contributed by atoms with Gasteiger partial charge < -0.3 is 28.6 Å². The first kappa shape index (κ1) is 22.7. The van der Waals surface area contributed by atoms with Gasteiger partial charge in [-0.05, 0) is 24.3 Å². The van der Waals surface area contributed by atoms with Gasteiger partial charge in [0.15, 0.2) is 11.2 Å². The fraction of sp³-hybridized carbons (Fsp3) is 0.269. The second-order valence-corrected chi connectivity index (χ2v) is 8.30. The summed E-state index contributed by atoms with van der Waals surface area (Å²) in [5.41, 5.74) is 0.555. The van der Waals surface area contributed by atoms with E-state index in [1.807, 2.05) is 4.90 Å². The predicted molar refractivity (Wildman–Crippen MR) is 125 cm³/mol. The SMILES string of the molecule is COC(=O)CC(c1c(O)ccc2c1O/C(=C\N1CCOCC1)C2=O)c1coc2ccccc2c1=O. The van der Waals surface area contributed by atoms with E-state index >= 15 is 0 Å². The Morgan fingerprint density at radius 2 is 1.94 bits per heavy atom. The van der Waals surface area contributed by atoms with Crippen LogP contribution in [0.3, 0.4) is 0 Å². The largest absolute Gasteiger partial charge is 0.508 e. The lowest BCUT2D eigenvalue weighted by Gasteiger charge is -2.25. The van der Waals surface area contributed by atoms with Crippen molar-refractivity contribution in [1.82, 2.24) is 4.90 Å². The Balaban J connectivity index is 1.64. The third-order valence-electron chi connectivity index (χ3n) is 6.23. The molecule has 1 aromatic heterocycles. The van der Waals surface area contributed by atoms with Crippen molar-refractivity contribution in [1.29, 1.82) is 0 Å². The van der Waals surface area contributed by atoms with E-state index < -0.39 is 11.9 Å². The van der Waals surface area contributed by atoms with Crippen LogP contribution in [0.25, 0.3) is 11.0 Å². The minimum Gasteiger partial charge on any atom is -0.508 e. The number of fused-ring (bicyclic) bond motifs is 2. The summed E-state index contributed by atoms with van der Waals surface area (Å²) in [6.07, 6.45) is 2.63. The van der Waals surface area contributed by atoms with Gasteiger partial charge in [-0.25, -0.2) is 0 Å². The molecule has 0 amide bonds. The lowest BCUT2D eigenvalue weighted by molar-refractivity contribution is -0.140. The molecule has 35 heavy (non-hydrogen) atoms. The number of aromatic hydroxyl groups is 1. The third-order valence-corrected chi connectivity index (χ3v) is 6.23. The van der Waals surface area contributed by atoms with Gasteiger partial charge in [0, 0.05) is 36.3 Å². The van der Waals surface area contributed by atoms with Crippen LogP contribution in [0.4, 0.5) is 0 Å². The zero-order valence-electron chi connectivity index (χ0n) is 19.0. The zero-order chi connectivity index (χ0) is 24.5. The molecule has 2 aromatic carbocycles. The van der Waals surface area contributed by atoms with E-state index in [1.54, 1.807) is 30.5 Å². The molecule has 9 nitrogen and oxygen atoms in total. The van der Waals surface area contributed by atoms with Gasteiger partial charge in [0.2, 0.25) is 5.78 Å². The number of carbonyl (C=O) groups is 2. The monoisotopic (exact) mass is 477 g/mol. The summed E-state index contributed by atoms with van der Waals surface area (Å²) in [7, 11) is 1.24. The average molecular weight is 477 g/mol. The summed E-state index contributed by atoms with van der Waals surface area (Å²) in [4.78, 5) is 40.8. The van der Waals surface area contributed by atoms with Crippen LogP contribution in [0.2, 0.25) is 0 Å². The third kappa shape index (κ3) is 4.15. The van der Waals surface area contributed by atoms with Crippen LogP contribution in [-0.2, 0) is 14.3 Å². The van der Waals surface area contributed by atoms with Crippen molar-refractivity contribution in [3.63, 3.8) is 0 Å². The highest BCUT2D eigenvalue weighted by atomic mass is 16.5. The van der Waals surface area contributed by atoms with Crippen molar-refractivity contribution in [2.24, 2.45) is 0 Å². The van der Waals surface area contributed by atoms with Crippen LogP contribution in [0.1, 0.15) is 33.8 Å². The van der Waals surface area contributed by atoms with Gasteiger partial charge in [0.05, 0.1) is 44.0 Å². The lowest BCUT2D eigenvalue weighted by atomic mass is 9.86. The average Bonchev–Trinajstić information content (AvgIpc) is 3.18. The van der Waals surface area contributed by atoms with Gasteiger partial charge >= 0.3 is 5.97 Å². The molecule has 1 unspecified atom stereocenters. The minimum absolute atomic E-state index is 0.0936. The van der Waals surface area contributed by atoms with Gasteiger partial charge in [0.1, 0.15) is 17.1 Å². The summed E-state index contributed by atoms with van der Waals surface area (Å²) in [6, 6.07) is 9.57. The molecule has 3 aromatic rings. The van der Waals surface area contributed by atoms with E-state index in [4.69, 9.17) is 18.6 Å². The van der Waals surface area contributed by atoms with E-state index in [2.05, 4.69) is 0 Å². The number of morpholine rings is 1. The van der Waals surface area contributed by atoms with Gasteiger partial charge in [0.25, 0.3) is 0 Å². The summed E-state index contributed by atoms with van der Waals surface area (Å²) in [5, 5.41) is 11.2. The van der Waals surface area contributed by atoms with Gasteiger partial charge in [-0.1, -0.05) is 12.1 Å². The molecule has 0 radical (unpaired) electrons. The molecular weight excluding hydrogens is 454 g/mol. The Morgan fingerprint density at radius 1 is 1.17 bits per heavy atom. The first-order valence-electron chi connectivity index (χ1n) is 11.2. The lowest BCUT2D eigenvalue weighted by Crippen LogP contribution is -2.32. The molecule has 1 N–H and O–H groups in total. The summed E-state index contributed by atoms with van der Waals surface area (Å²) in [6.45, 7) is 2.29. The maximum Gasteiger partial charge on any atom is 0.306 e. The second-order valence-electron chi connectivity index (χ2n) is 8.30. The standard InChI is InChI=1S/C26H23NO8/c1-32-22(29)12-17(18-14-34-20-5-3-2-4-15(20)24(18)30)23-19(28)7-6-16-25(31)21(35-26(16)23)13-27-8-10-33-11-9-27/h2-7,13-14,17,28H,8-12H2,1H3/b21-13-. The van der Waals surface area contributed by atoms with Crippen LogP contribution in [0, 0.1) is 0 Å². The fourth-order valence-corrected chi connectivity index (χ4v) is 4.41. The van der Waals surface area contributed by atoms with Gasteiger partial charge in [-0.3, -0.25) is 14.4 Å². The molecule has 2 aliphatic rings. The normalized spacial score (nSPS) is 17.3. The molecule has 2 aliphatic heterocycles. The van der Waals surface area contributed by atoms with Crippen molar-refractivity contribution < 1.29 is 33.3 Å². The minimum atomic E-state index is -0.978. The maximum absolute atomic E-state index is 13.4. The number of allylic oxidation sites excluding steroid dienone is 1. The molecule has 1 fully saturated rings. The summed E-state index contributed by atoms with van der Waals surface area (Å²) >= 11 is 0. The number of ketones is 1. The Labute approximate surface area is 200 Å². The van der Waals surface area contributed by atoms with E-state index in [0.717, 1.165) is 0 Å². The number of phenols is 1. The number of carbonyl (C=O) groups excluding carboxylic acids is 2. The highest BCUT2D eigenvalue weighted by Gasteiger charge is 2.37. The Morgan fingerprint density at radius 3 is 2.71 bits per heavy atom. The Bertz CT molecular complexity index is 1400. The van der Waals surface area contributed by atoms with Crippen molar-refractivity contribution in [2.45, 2.75) is 12.3 Å². The number of rotatable bonds is 5. The zero-order valence-corrected chi connectivity index (χ0v) is 19.0. The smallest absolute Gasteiger partial charge is 0.306 e. The van der Waals surface area contributed by atoms with E-state index in [9.17, 15) is 19.5 Å². The number of methoxy groups -OCH3 is 1. The number of hydrogen-bond acceptors (Lipinski definition) is 9. The highest BCUT2D eigenvalue weighted by Crippen LogP contribution is 2.46. The number of ether oxygens (including phenoxy) is 3. The van der Waals surface area contributed by atoms with Crippen LogP contribution in [0.15, 0.2) is 63.8 Å². The maximum atomic E-state index is 13.4. The number of hydrogen-bond donors (Lipinski definition) is 1. The summed E-state index contributed by atoms with van der Waals surface area (Å²) < 4.78 is 21.8. The number of Topliss-reactive ketones (excluding diaryl/α,β-unsaturated/α-hetero) is 1. The number of benzene rings is 2. The van der Waals surface area contributed by atoms with Crippen molar-refractivity contribution in [2.75, 3.05) is 33.4 Å². The molecule has 9 heteroatoms. The van der Waals surface area contributed by atoms with Crippen LogP contribution < -0.4 is 10.2 Å². The molecule has 5 rings (SSSR count). The molecule has 0 saturated carbocycles. The van der Waals surface area contributed by atoms with E-state index in [-0.39, 0.29) is 51.6 Å². The first-order valence-corrected chi connectivity index (χ1v) is 11.2. The highest BCUT2D eigenvalue weighted by molar-refractivity contribution is 6.12. The Hall–Kier alpha value is -4.11. The summed E-state index contributed by atoms with van der Waals surface area (Å²) in [5.74, 6) is -1.95. The second kappa shape index (κ2) is 9.27. The number of para-hydroxylation sites is 1. The number of nitrogens with zero attached hydrogens (tertiary/aromatic N) is 1. The first-order chi connectivity index (χ1) is 17.0. The van der Waals surface area contributed by atoms with Gasteiger partial charge in [-0.15, -0.1) is 0 Å². The van der Waals surface area contributed by atoms with Gasteiger partial charge in [-0.2, -0.15) is 0 Å².